The zero-order chi connectivity index (χ0) is 15.1. The van der Waals surface area contributed by atoms with E-state index in [2.05, 4.69) is 14.8 Å². The monoisotopic (exact) mass is 315 g/mol. The number of hydrogen-bond donors (Lipinski definition) is 1. The smallest absolute Gasteiger partial charge is 0.191 e. The zero-order valence-electron chi connectivity index (χ0n) is 12.8. The number of aryl methyl sites for hydroxylation is 1. The van der Waals surface area contributed by atoms with Crippen LogP contribution >= 0.6 is 11.8 Å². The van der Waals surface area contributed by atoms with Gasteiger partial charge in [-0.3, -0.25) is 0 Å². The summed E-state index contributed by atoms with van der Waals surface area (Å²) in [5, 5.41) is 19.4. The molecule has 2 heterocycles. The highest BCUT2D eigenvalue weighted by atomic mass is 32.2. The van der Waals surface area contributed by atoms with Gasteiger partial charge in [-0.25, -0.2) is 0 Å². The Balaban J connectivity index is 1.76. The van der Waals surface area contributed by atoms with Gasteiger partial charge >= 0.3 is 0 Å². The quantitative estimate of drug-likeness (QED) is 0.733. The van der Waals surface area contributed by atoms with Crippen LogP contribution in [0.3, 0.4) is 0 Å². The summed E-state index contributed by atoms with van der Waals surface area (Å²) >= 11 is 1.55. The number of aromatic nitrogens is 3. The summed E-state index contributed by atoms with van der Waals surface area (Å²) in [5.74, 6) is 1.65. The van der Waals surface area contributed by atoms with E-state index < -0.39 is 6.10 Å². The van der Waals surface area contributed by atoms with Gasteiger partial charge in [0.15, 0.2) is 5.16 Å². The van der Waals surface area contributed by atoms with Crippen molar-refractivity contribution in [2.75, 3.05) is 26.1 Å². The molecular weight excluding hydrogens is 290 g/mol. The van der Waals surface area contributed by atoms with E-state index in [-0.39, 0.29) is 6.10 Å². The molecule has 1 aromatic heterocycles. The van der Waals surface area contributed by atoms with E-state index in [1.54, 1.807) is 18.9 Å². The van der Waals surface area contributed by atoms with Crippen LogP contribution in [0.15, 0.2) is 5.16 Å². The molecule has 1 aliphatic heterocycles. The van der Waals surface area contributed by atoms with Crippen LogP contribution in [0.1, 0.15) is 32.0 Å². The molecule has 21 heavy (non-hydrogen) atoms. The minimum atomic E-state index is -0.506. The van der Waals surface area contributed by atoms with Crippen LogP contribution in [0.25, 0.3) is 0 Å². The normalized spacial score (nSPS) is 18.0. The number of aliphatic hydroxyl groups is 1. The lowest BCUT2D eigenvalue weighted by atomic mass is 10.2. The molecule has 0 aromatic carbocycles. The third-order valence-electron chi connectivity index (χ3n) is 3.45. The minimum Gasteiger partial charge on any atom is -0.390 e. The van der Waals surface area contributed by atoms with E-state index in [0.29, 0.717) is 19.0 Å². The number of fused-ring (bicyclic) bond motifs is 1. The number of methoxy groups -OCH3 is 1. The van der Waals surface area contributed by atoms with Gasteiger partial charge in [-0.05, 0) is 19.8 Å². The third kappa shape index (κ3) is 5.25. The standard InChI is InChI=1S/C14H25N3O3S/c1-11(8-19-2)20-9-12(18)10-21-14-16-15-13-6-4-3-5-7-17(13)14/h11-12,18H,3-10H2,1-2H3. The molecular formula is C14H25N3O3S. The molecule has 0 amide bonds. The summed E-state index contributed by atoms with van der Waals surface area (Å²) < 4.78 is 12.7. The van der Waals surface area contributed by atoms with Gasteiger partial charge in [-0.2, -0.15) is 0 Å². The van der Waals surface area contributed by atoms with Crippen LogP contribution in [0, 0.1) is 0 Å². The molecule has 2 unspecified atom stereocenters. The molecule has 120 valence electrons. The number of nitrogens with zero attached hydrogens (tertiary/aromatic N) is 3. The van der Waals surface area contributed by atoms with Gasteiger partial charge < -0.3 is 19.1 Å². The molecule has 7 heteroatoms. The number of thioether (sulfide) groups is 1. The van der Waals surface area contributed by atoms with Gasteiger partial charge in [-0.1, -0.05) is 18.2 Å². The van der Waals surface area contributed by atoms with Crippen molar-refractivity contribution >= 4 is 11.8 Å². The number of aliphatic hydroxyl groups excluding tert-OH is 1. The zero-order valence-corrected chi connectivity index (χ0v) is 13.6. The predicted octanol–water partition coefficient (Wildman–Crippen LogP) is 1.51. The summed E-state index contributed by atoms with van der Waals surface area (Å²) in [6.45, 7) is 3.78. The molecule has 0 saturated carbocycles. The Morgan fingerprint density at radius 1 is 1.29 bits per heavy atom. The van der Waals surface area contributed by atoms with Crippen molar-refractivity contribution < 1.29 is 14.6 Å². The topological polar surface area (TPSA) is 69.4 Å². The van der Waals surface area contributed by atoms with Crippen molar-refractivity contribution in [1.29, 1.82) is 0 Å². The van der Waals surface area contributed by atoms with Crippen LogP contribution in [-0.4, -0.2) is 58.2 Å². The maximum absolute atomic E-state index is 9.98. The Bertz CT molecular complexity index is 428. The molecule has 1 aromatic rings. The van der Waals surface area contributed by atoms with Crippen LogP contribution in [0.5, 0.6) is 0 Å². The van der Waals surface area contributed by atoms with Gasteiger partial charge in [-0.15, -0.1) is 10.2 Å². The van der Waals surface area contributed by atoms with Gasteiger partial charge in [0.25, 0.3) is 0 Å². The van der Waals surface area contributed by atoms with Crippen molar-refractivity contribution in [3.63, 3.8) is 0 Å². The lowest BCUT2D eigenvalue weighted by Gasteiger charge is -2.15. The first-order chi connectivity index (χ1) is 10.2. The van der Waals surface area contributed by atoms with Gasteiger partial charge in [0.05, 0.1) is 25.4 Å². The number of ether oxygens (including phenoxy) is 2. The second kappa shape index (κ2) is 8.73. The maximum atomic E-state index is 9.98. The van der Waals surface area contributed by atoms with Crippen molar-refractivity contribution in [1.82, 2.24) is 14.8 Å². The number of hydrogen-bond acceptors (Lipinski definition) is 6. The van der Waals surface area contributed by atoms with Crippen molar-refractivity contribution in [3.8, 4) is 0 Å². The van der Waals surface area contributed by atoms with Gasteiger partial charge in [0.2, 0.25) is 0 Å². The van der Waals surface area contributed by atoms with Crippen LogP contribution in [0.2, 0.25) is 0 Å². The minimum absolute atomic E-state index is 0.000913. The molecule has 0 bridgehead atoms. The highest BCUT2D eigenvalue weighted by molar-refractivity contribution is 7.99. The number of rotatable bonds is 8. The second-order valence-electron chi connectivity index (χ2n) is 5.43. The average Bonchev–Trinajstić information content (AvgIpc) is 2.70. The molecule has 2 rings (SSSR count). The molecule has 0 aliphatic carbocycles. The fourth-order valence-electron chi connectivity index (χ4n) is 2.34. The predicted molar refractivity (Wildman–Crippen MR) is 81.6 cm³/mol. The summed E-state index contributed by atoms with van der Waals surface area (Å²) in [5.41, 5.74) is 0. The van der Waals surface area contributed by atoms with E-state index >= 15 is 0 Å². The first kappa shape index (κ1) is 16.7. The lowest BCUT2D eigenvalue weighted by Crippen LogP contribution is -2.24. The molecule has 6 nitrogen and oxygen atoms in total. The van der Waals surface area contributed by atoms with Crippen molar-refractivity contribution in [2.45, 2.75) is 56.5 Å². The van der Waals surface area contributed by atoms with E-state index in [9.17, 15) is 5.11 Å². The first-order valence-corrected chi connectivity index (χ1v) is 8.52. The lowest BCUT2D eigenvalue weighted by molar-refractivity contribution is -0.0257. The van der Waals surface area contributed by atoms with Crippen molar-refractivity contribution in [3.05, 3.63) is 5.82 Å². The second-order valence-corrected chi connectivity index (χ2v) is 6.41. The fraction of sp³-hybridized carbons (Fsp3) is 0.857. The largest absolute Gasteiger partial charge is 0.390 e. The van der Waals surface area contributed by atoms with Crippen LogP contribution < -0.4 is 0 Å². The summed E-state index contributed by atoms with van der Waals surface area (Å²) in [4.78, 5) is 0. The maximum Gasteiger partial charge on any atom is 0.191 e. The van der Waals surface area contributed by atoms with Crippen LogP contribution in [-0.2, 0) is 22.4 Å². The molecule has 2 atom stereocenters. The van der Waals surface area contributed by atoms with E-state index in [0.717, 1.165) is 23.9 Å². The SMILES string of the molecule is COCC(C)OCC(O)CSc1nnc2n1CCCCC2. The Morgan fingerprint density at radius 2 is 2.14 bits per heavy atom. The molecule has 0 spiro atoms. The first-order valence-electron chi connectivity index (χ1n) is 7.54. The van der Waals surface area contributed by atoms with Gasteiger partial charge in [0.1, 0.15) is 5.82 Å². The van der Waals surface area contributed by atoms with Crippen LogP contribution in [0.4, 0.5) is 0 Å². The molecule has 1 aliphatic rings. The third-order valence-corrected chi connectivity index (χ3v) is 4.57. The Morgan fingerprint density at radius 3 is 2.95 bits per heavy atom. The fourth-order valence-corrected chi connectivity index (χ4v) is 3.23. The van der Waals surface area contributed by atoms with E-state index in [1.165, 1.54) is 19.3 Å². The van der Waals surface area contributed by atoms with Crippen molar-refractivity contribution in [2.24, 2.45) is 0 Å². The summed E-state index contributed by atoms with van der Waals surface area (Å²) in [7, 11) is 1.64. The Hall–Kier alpha value is -0.630. The highest BCUT2D eigenvalue weighted by Crippen LogP contribution is 2.22. The Labute approximate surface area is 130 Å². The molecule has 0 radical (unpaired) electrons. The molecule has 0 saturated heterocycles. The van der Waals surface area contributed by atoms with E-state index in [4.69, 9.17) is 9.47 Å². The average molecular weight is 315 g/mol. The summed E-state index contributed by atoms with van der Waals surface area (Å²) in [6.07, 6.45) is 4.12. The molecule has 0 fully saturated rings. The molecule has 1 N–H and O–H groups in total. The van der Waals surface area contributed by atoms with Gasteiger partial charge in [0, 0.05) is 25.8 Å². The van der Waals surface area contributed by atoms with E-state index in [1.807, 2.05) is 6.92 Å². The summed E-state index contributed by atoms with van der Waals surface area (Å²) in [6, 6.07) is 0. The Kier molecular flexibility index (Phi) is 6.95. The highest BCUT2D eigenvalue weighted by Gasteiger charge is 2.16.